The predicted octanol–water partition coefficient (Wildman–Crippen LogP) is -0.0242. The summed E-state index contributed by atoms with van der Waals surface area (Å²) >= 11 is 0. The lowest BCUT2D eigenvalue weighted by Gasteiger charge is -2.21. The Hall–Kier alpha value is -0.960. The van der Waals surface area contributed by atoms with Gasteiger partial charge < -0.3 is 10.7 Å². The van der Waals surface area contributed by atoms with E-state index >= 15 is 0 Å². The van der Waals surface area contributed by atoms with Gasteiger partial charge in [0.1, 0.15) is 5.82 Å². The Labute approximate surface area is 108 Å². The number of H-pyrrole nitrogens is 1. The number of nitrogens with one attached hydrogen (secondary N) is 2. The molecular formula is C10H21N5O2S. The number of aromatic amines is 1. The van der Waals surface area contributed by atoms with Crippen molar-refractivity contribution in [2.75, 3.05) is 20.1 Å². The van der Waals surface area contributed by atoms with Crippen molar-refractivity contribution in [2.45, 2.75) is 25.8 Å². The van der Waals surface area contributed by atoms with Crippen LogP contribution in [-0.4, -0.2) is 42.8 Å². The minimum atomic E-state index is -3.50. The lowest BCUT2D eigenvalue weighted by Crippen LogP contribution is -2.41. The van der Waals surface area contributed by atoms with Crippen LogP contribution in [0.4, 0.5) is 0 Å². The molecule has 0 saturated carbocycles. The van der Waals surface area contributed by atoms with Gasteiger partial charge in [0.25, 0.3) is 10.2 Å². The molecule has 1 atom stereocenters. The van der Waals surface area contributed by atoms with Gasteiger partial charge in [0.05, 0.1) is 6.04 Å². The molecule has 0 aliphatic heterocycles. The van der Waals surface area contributed by atoms with E-state index < -0.39 is 10.2 Å². The second kappa shape index (κ2) is 6.83. The Balaban J connectivity index is 2.68. The summed E-state index contributed by atoms with van der Waals surface area (Å²) in [7, 11) is -1.97. The number of hydrogen-bond donors (Lipinski definition) is 3. The highest BCUT2D eigenvalue weighted by molar-refractivity contribution is 7.87. The molecule has 8 heteroatoms. The van der Waals surface area contributed by atoms with E-state index in [-0.39, 0.29) is 6.04 Å². The molecule has 1 rings (SSSR count). The molecule has 0 amide bonds. The Kier molecular flexibility index (Phi) is 5.73. The van der Waals surface area contributed by atoms with Gasteiger partial charge in [0.15, 0.2) is 0 Å². The van der Waals surface area contributed by atoms with Crippen molar-refractivity contribution in [3.63, 3.8) is 0 Å². The normalized spacial score (nSPS) is 14.0. The SMILES string of the molecule is CCC(NS(=O)(=O)N(C)CCCN)c1ncc[nH]1. The monoisotopic (exact) mass is 275 g/mol. The van der Waals surface area contributed by atoms with E-state index in [2.05, 4.69) is 14.7 Å². The van der Waals surface area contributed by atoms with Crippen molar-refractivity contribution >= 4 is 10.2 Å². The maximum absolute atomic E-state index is 12.0. The van der Waals surface area contributed by atoms with E-state index in [4.69, 9.17) is 5.73 Å². The fourth-order valence-corrected chi connectivity index (χ4v) is 2.69. The third-order valence-electron chi connectivity index (χ3n) is 2.64. The molecule has 1 aromatic heterocycles. The first kappa shape index (κ1) is 15.1. The largest absolute Gasteiger partial charge is 0.347 e. The third kappa shape index (κ3) is 4.05. The molecule has 0 saturated heterocycles. The summed E-state index contributed by atoms with van der Waals surface area (Å²) in [6.45, 7) is 2.77. The molecule has 0 spiro atoms. The summed E-state index contributed by atoms with van der Waals surface area (Å²) < 4.78 is 28.0. The molecule has 1 unspecified atom stereocenters. The molecule has 0 bridgehead atoms. The van der Waals surface area contributed by atoms with Crippen LogP contribution >= 0.6 is 0 Å². The second-order valence-electron chi connectivity index (χ2n) is 4.02. The Morgan fingerprint density at radius 2 is 2.33 bits per heavy atom. The molecular weight excluding hydrogens is 254 g/mol. The van der Waals surface area contributed by atoms with E-state index in [1.807, 2.05) is 6.92 Å². The fraction of sp³-hybridized carbons (Fsp3) is 0.700. The van der Waals surface area contributed by atoms with Crippen molar-refractivity contribution in [3.8, 4) is 0 Å². The number of nitrogens with two attached hydrogens (primary N) is 1. The maximum Gasteiger partial charge on any atom is 0.279 e. The first-order valence-corrected chi connectivity index (χ1v) is 7.38. The van der Waals surface area contributed by atoms with Crippen LogP contribution in [0.1, 0.15) is 31.6 Å². The maximum atomic E-state index is 12.0. The fourth-order valence-electron chi connectivity index (χ4n) is 1.50. The zero-order chi connectivity index (χ0) is 13.6. The van der Waals surface area contributed by atoms with Crippen molar-refractivity contribution in [2.24, 2.45) is 5.73 Å². The summed E-state index contributed by atoms with van der Waals surface area (Å²) in [5.74, 6) is 0.619. The second-order valence-corrected chi connectivity index (χ2v) is 5.83. The molecule has 0 radical (unpaired) electrons. The molecule has 0 aliphatic rings. The van der Waals surface area contributed by atoms with Gasteiger partial charge in [-0.1, -0.05) is 6.92 Å². The van der Waals surface area contributed by atoms with Gasteiger partial charge in [-0.25, -0.2) is 4.98 Å². The third-order valence-corrected chi connectivity index (χ3v) is 4.22. The highest BCUT2D eigenvalue weighted by Crippen LogP contribution is 2.13. The Bertz CT molecular complexity index is 431. The van der Waals surface area contributed by atoms with Crippen LogP contribution in [0.2, 0.25) is 0 Å². The average molecular weight is 275 g/mol. The molecule has 7 nitrogen and oxygen atoms in total. The van der Waals surface area contributed by atoms with Gasteiger partial charge in [-0.2, -0.15) is 17.4 Å². The van der Waals surface area contributed by atoms with E-state index in [1.165, 1.54) is 11.4 Å². The van der Waals surface area contributed by atoms with Gasteiger partial charge in [-0.15, -0.1) is 0 Å². The standard InChI is InChI=1S/C10H21N5O2S/c1-3-9(10-12-6-7-13-10)14-18(16,17)15(2)8-4-5-11/h6-7,9,14H,3-5,8,11H2,1-2H3,(H,12,13). The van der Waals surface area contributed by atoms with Crippen molar-refractivity contribution in [1.29, 1.82) is 0 Å². The van der Waals surface area contributed by atoms with Crippen LogP contribution in [-0.2, 0) is 10.2 Å². The van der Waals surface area contributed by atoms with Gasteiger partial charge in [-0.3, -0.25) is 0 Å². The zero-order valence-corrected chi connectivity index (χ0v) is 11.6. The Morgan fingerprint density at radius 3 is 2.83 bits per heavy atom. The van der Waals surface area contributed by atoms with Gasteiger partial charge in [-0.05, 0) is 19.4 Å². The zero-order valence-electron chi connectivity index (χ0n) is 10.8. The van der Waals surface area contributed by atoms with E-state index in [9.17, 15) is 8.42 Å². The minimum Gasteiger partial charge on any atom is -0.347 e. The van der Waals surface area contributed by atoms with Gasteiger partial charge in [0.2, 0.25) is 0 Å². The molecule has 0 aliphatic carbocycles. The molecule has 18 heavy (non-hydrogen) atoms. The van der Waals surface area contributed by atoms with Crippen LogP contribution < -0.4 is 10.5 Å². The quantitative estimate of drug-likeness (QED) is 0.620. The highest BCUT2D eigenvalue weighted by atomic mass is 32.2. The number of imidazole rings is 1. The van der Waals surface area contributed by atoms with Crippen molar-refractivity contribution in [3.05, 3.63) is 18.2 Å². The molecule has 1 aromatic rings. The summed E-state index contributed by atoms with van der Waals surface area (Å²) in [5, 5.41) is 0. The first-order valence-electron chi connectivity index (χ1n) is 5.94. The van der Waals surface area contributed by atoms with Crippen LogP contribution in [0, 0.1) is 0 Å². The minimum absolute atomic E-state index is 0.342. The number of nitrogens with zero attached hydrogens (tertiary/aromatic N) is 2. The summed E-state index contributed by atoms with van der Waals surface area (Å²) in [6, 6.07) is -0.342. The highest BCUT2D eigenvalue weighted by Gasteiger charge is 2.23. The summed E-state index contributed by atoms with van der Waals surface area (Å²) in [4.78, 5) is 6.99. The molecule has 1 heterocycles. The smallest absolute Gasteiger partial charge is 0.279 e. The lowest BCUT2D eigenvalue weighted by molar-refractivity contribution is 0.438. The average Bonchev–Trinajstić information content (AvgIpc) is 2.86. The predicted molar refractivity (Wildman–Crippen MR) is 70.0 cm³/mol. The molecule has 4 N–H and O–H groups in total. The summed E-state index contributed by atoms with van der Waals surface area (Å²) in [5.41, 5.74) is 5.37. The van der Waals surface area contributed by atoms with Crippen LogP contribution in [0.5, 0.6) is 0 Å². The molecule has 0 fully saturated rings. The van der Waals surface area contributed by atoms with Gasteiger partial charge in [0, 0.05) is 26.0 Å². The summed E-state index contributed by atoms with van der Waals surface area (Å²) in [6.07, 6.45) is 4.53. The molecule has 0 aromatic carbocycles. The van der Waals surface area contributed by atoms with Crippen LogP contribution in [0.25, 0.3) is 0 Å². The van der Waals surface area contributed by atoms with Crippen LogP contribution in [0.15, 0.2) is 12.4 Å². The number of rotatable bonds is 8. The lowest BCUT2D eigenvalue weighted by atomic mass is 10.2. The van der Waals surface area contributed by atoms with Gasteiger partial charge >= 0.3 is 0 Å². The molecule has 104 valence electrons. The van der Waals surface area contributed by atoms with E-state index in [1.54, 1.807) is 12.4 Å². The number of aromatic nitrogens is 2. The van der Waals surface area contributed by atoms with Crippen molar-refractivity contribution < 1.29 is 8.42 Å². The number of hydrogen-bond acceptors (Lipinski definition) is 4. The van der Waals surface area contributed by atoms with E-state index in [0.29, 0.717) is 31.8 Å². The van der Waals surface area contributed by atoms with Crippen molar-refractivity contribution in [1.82, 2.24) is 19.0 Å². The van der Waals surface area contributed by atoms with Crippen LogP contribution in [0.3, 0.4) is 0 Å². The first-order chi connectivity index (χ1) is 8.51. The Morgan fingerprint density at radius 1 is 1.61 bits per heavy atom. The topological polar surface area (TPSA) is 104 Å². The van der Waals surface area contributed by atoms with E-state index in [0.717, 1.165) is 0 Å².